The van der Waals surface area contributed by atoms with Crippen LogP contribution in [0.15, 0.2) is 23.1 Å². The standard InChI is InChI=1S/C10H11NO6S2/c1-19(16,17)6-5-18-8-4-2-3-7(10(12)13)9(8)11(14)15/h2-4H,5-6H2,1H3,(H,12,13). The predicted octanol–water partition coefficient (Wildman–Crippen LogP) is 1.43. The van der Waals surface area contributed by atoms with E-state index in [0.717, 1.165) is 24.1 Å². The largest absolute Gasteiger partial charge is 0.477 e. The van der Waals surface area contributed by atoms with E-state index in [4.69, 9.17) is 5.11 Å². The van der Waals surface area contributed by atoms with E-state index in [2.05, 4.69) is 0 Å². The van der Waals surface area contributed by atoms with Gasteiger partial charge in [-0.3, -0.25) is 10.1 Å². The topological polar surface area (TPSA) is 115 Å². The summed E-state index contributed by atoms with van der Waals surface area (Å²) in [5.41, 5.74) is -0.914. The van der Waals surface area contributed by atoms with E-state index in [1.54, 1.807) is 0 Å². The van der Waals surface area contributed by atoms with Crippen LogP contribution in [0.5, 0.6) is 0 Å². The Hall–Kier alpha value is -1.61. The molecule has 1 aromatic rings. The van der Waals surface area contributed by atoms with E-state index in [9.17, 15) is 23.3 Å². The molecule has 0 amide bonds. The molecule has 1 rings (SSSR count). The summed E-state index contributed by atoms with van der Waals surface area (Å²) in [5.74, 6) is -1.40. The van der Waals surface area contributed by atoms with Crippen molar-refractivity contribution in [2.45, 2.75) is 4.90 Å². The second-order valence-corrected chi connectivity index (χ2v) is 7.09. The number of hydrogen-bond donors (Lipinski definition) is 1. The van der Waals surface area contributed by atoms with E-state index >= 15 is 0 Å². The fourth-order valence-electron chi connectivity index (χ4n) is 1.30. The Bertz CT molecular complexity index is 610. The maximum absolute atomic E-state index is 11.0. The molecule has 0 bridgehead atoms. The highest BCUT2D eigenvalue weighted by Crippen LogP contribution is 2.32. The molecule has 0 aliphatic heterocycles. The fraction of sp³-hybridized carbons (Fsp3) is 0.300. The van der Waals surface area contributed by atoms with Crippen LogP contribution in [-0.4, -0.2) is 42.2 Å². The van der Waals surface area contributed by atoms with Crippen molar-refractivity contribution < 1.29 is 23.2 Å². The van der Waals surface area contributed by atoms with Crippen molar-refractivity contribution in [3.8, 4) is 0 Å². The first kappa shape index (κ1) is 15.4. The van der Waals surface area contributed by atoms with Gasteiger partial charge in [-0.05, 0) is 12.1 Å². The maximum atomic E-state index is 11.0. The van der Waals surface area contributed by atoms with Crippen molar-refractivity contribution in [1.82, 2.24) is 0 Å². The lowest BCUT2D eigenvalue weighted by Gasteiger charge is -2.04. The quantitative estimate of drug-likeness (QED) is 0.480. The lowest BCUT2D eigenvalue weighted by atomic mass is 10.2. The number of para-hydroxylation sites is 1. The lowest BCUT2D eigenvalue weighted by molar-refractivity contribution is -0.388. The first-order chi connectivity index (χ1) is 8.72. The molecule has 0 saturated heterocycles. The molecule has 0 aliphatic rings. The molecule has 0 heterocycles. The van der Waals surface area contributed by atoms with Gasteiger partial charge in [0, 0.05) is 12.0 Å². The molecule has 0 radical (unpaired) electrons. The Morgan fingerprint density at radius 2 is 2.11 bits per heavy atom. The lowest BCUT2D eigenvalue weighted by Crippen LogP contribution is -2.07. The third kappa shape index (κ3) is 4.52. The highest BCUT2D eigenvalue weighted by atomic mass is 32.2. The van der Waals surface area contributed by atoms with Gasteiger partial charge in [0.1, 0.15) is 15.4 Å². The van der Waals surface area contributed by atoms with Gasteiger partial charge in [0.25, 0.3) is 5.69 Å². The number of benzene rings is 1. The van der Waals surface area contributed by atoms with Gasteiger partial charge in [-0.1, -0.05) is 6.07 Å². The van der Waals surface area contributed by atoms with E-state index in [1.807, 2.05) is 0 Å². The van der Waals surface area contributed by atoms with Crippen molar-refractivity contribution in [2.24, 2.45) is 0 Å². The van der Waals surface area contributed by atoms with E-state index < -0.39 is 32.0 Å². The van der Waals surface area contributed by atoms with Crippen molar-refractivity contribution in [1.29, 1.82) is 0 Å². The van der Waals surface area contributed by atoms with E-state index in [1.165, 1.54) is 12.1 Å². The molecule has 1 aromatic carbocycles. The molecular weight excluding hydrogens is 294 g/mol. The molecule has 0 saturated carbocycles. The number of carboxylic acids is 1. The molecule has 0 spiro atoms. The molecule has 0 aromatic heterocycles. The first-order valence-electron chi connectivity index (χ1n) is 5.03. The number of carbonyl (C=O) groups is 1. The summed E-state index contributed by atoms with van der Waals surface area (Å²) in [5, 5.41) is 19.8. The van der Waals surface area contributed by atoms with Gasteiger partial charge in [-0.25, -0.2) is 13.2 Å². The van der Waals surface area contributed by atoms with Crippen LogP contribution >= 0.6 is 11.8 Å². The average Bonchev–Trinajstić information content (AvgIpc) is 2.26. The van der Waals surface area contributed by atoms with Crippen LogP contribution in [0.25, 0.3) is 0 Å². The van der Waals surface area contributed by atoms with Crippen LogP contribution < -0.4 is 0 Å². The summed E-state index contributed by atoms with van der Waals surface area (Å²) < 4.78 is 21.9. The Kier molecular flexibility index (Phi) is 4.90. The number of nitrogens with zero attached hydrogens (tertiary/aromatic N) is 1. The van der Waals surface area contributed by atoms with Gasteiger partial charge >= 0.3 is 5.97 Å². The summed E-state index contributed by atoms with van der Waals surface area (Å²) in [6.07, 6.45) is 1.07. The number of thioether (sulfide) groups is 1. The highest BCUT2D eigenvalue weighted by molar-refractivity contribution is 8.00. The molecule has 0 aliphatic carbocycles. The molecular formula is C10H11NO6S2. The predicted molar refractivity (Wildman–Crippen MR) is 70.5 cm³/mol. The number of nitro groups is 1. The molecule has 104 valence electrons. The highest BCUT2D eigenvalue weighted by Gasteiger charge is 2.24. The normalized spacial score (nSPS) is 11.2. The molecule has 7 nitrogen and oxygen atoms in total. The van der Waals surface area contributed by atoms with E-state index in [-0.39, 0.29) is 16.4 Å². The number of hydrogen-bond acceptors (Lipinski definition) is 6. The van der Waals surface area contributed by atoms with Gasteiger partial charge in [-0.15, -0.1) is 11.8 Å². The zero-order valence-corrected chi connectivity index (χ0v) is 11.5. The van der Waals surface area contributed by atoms with Crippen molar-refractivity contribution >= 4 is 33.3 Å². The zero-order chi connectivity index (χ0) is 14.6. The third-order valence-electron chi connectivity index (χ3n) is 2.12. The summed E-state index contributed by atoms with van der Waals surface area (Å²) in [6.45, 7) is 0. The second-order valence-electron chi connectivity index (χ2n) is 3.69. The summed E-state index contributed by atoms with van der Waals surface area (Å²) >= 11 is 0.950. The minimum Gasteiger partial charge on any atom is -0.477 e. The van der Waals surface area contributed by atoms with Gasteiger partial charge in [0.2, 0.25) is 0 Å². The minimum absolute atomic E-state index is 0.128. The molecule has 9 heteroatoms. The van der Waals surface area contributed by atoms with Gasteiger partial charge in [0.05, 0.1) is 15.6 Å². The zero-order valence-electron chi connectivity index (χ0n) is 9.90. The maximum Gasteiger partial charge on any atom is 0.342 e. The van der Waals surface area contributed by atoms with Crippen molar-refractivity contribution in [3.05, 3.63) is 33.9 Å². The van der Waals surface area contributed by atoms with Crippen LogP contribution in [0.1, 0.15) is 10.4 Å². The summed E-state index contributed by atoms with van der Waals surface area (Å²) in [6, 6.07) is 3.93. The van der Waals surface area contributed by atoms with Crippen molar-refractivity contribution in [3.63, 3.8) is 0 Å². The summed E-state index contributed by atoms with van der Waals surface area (Å²) in [4.78, 5) is 21.2. The second kappa shape index (κ2) is 6.02. The van der Waals surface area contributed by atoms with Crippen LogP contribution in [0.3, 0.4) is 0 Å². The van der Waals surface area contributed by atoms with Crippen LogP contribution in [0, 0.1) is 10.1 Å². The van der Waals surface area contributed by atoms with Crippen LogP contribution in [-0.2, 0) is 9.84 Å². The molecule has 0 fully saturated rings. The number of carboxylic acid groups (broad SMARTS) is 1. The Labute approximate surface area is 113 Å². The van der Waals surface area contributed by atoms with Gasteiger partial charge < -0.3 is 5.11 Å². The molecule has 1 N–H and O–H groups in total. The number of rotatable bonds is 6. The van der Waals surface area contributed by atoms with Crippen molar-refractivity contribution in [2.75, 3.05) is 17.8 Å². The Morgan fingerprint density at radius 1 is 1.47 bits per heavy atom. The number of aromatic carboxylic acids is 1. The SMILES string of the molecule is CS(=O)(=O)CCSc1cccc(C(=O)O)c1[N+](=O)[O-]. The monoisotopic (exact) mass is 305 g/mol. The van der Waals surface area contributed by atoms with Gasteiger partial charge in [-0.2, -0.15) is 0 Å². The molecule has 0 atom stereocenters. The number of nitro benzene ring substituents is 1. The van der Waals surface area contributed by atoms with Gasteiger partial charge in [0.15, 0.2) is 0 Å². The first-order valence-corrected chi connectivity index (χ1v) is 8.08. The summed E-state index contributed by atoms with van der Waals surface area (Å²) in [7, 11) is -3.16. The van der Waals surface area contributed by atoms with Crippen LogP contribution in [0.4, 0.5) is 5.69 Å². The van der Waals surface area contributed by atoms with Crippen LogP contribution in [0.2, 0.25) is 0 Å². The Balaban J connectivity index is 3.04. The fourth-order valence-corrected chi connectivity index (χ4v) is 3.56. The molecule has 0 unspecified atom stereocenters. The Morgan fingerprint density at radius 3 is 2.58 bits per heavy atom. The van der Waals surface area contributed by atoms with E-state index in [0.29, 0.717) is 0 Å². The smallest absolute Gasteiger partial charge is 0.342 e. The average molecular weight is 305 g/mol. The minimum atomic E-state index is -3.16. The number of sulfone groups is 1. The molecule has 19 heavy (non-hydrogen) atoms. The third-order valence-corrected chi connectivity index (χ3v) is 4.38.